The molecular formula is C28H37ClO5. The van der Waals surface area contributed by atoms with E-state index in [1.54, 1.807) is 24.3 Å². The topological polar surface area (TPSA) is 61.8 Å². The first-order chi connectivity index (χ1) is 16.4. The molecule has 0 saturated carbocycles. The van der Waals surface area contributed by atoms with Gasteiger partial charge in [-0.05, 0) is 47.7 Å². The van der Waals surface area contributed by atoms with Crippen LogP contribution in [-0.2, 0) is 9.47 Å². The van der Waals surface area contributed by atoms with Gasteiger partial charge in [-0.15, -0.1) is 11.6 Å². The molecule has 0 fully saturated rings. The van der Waals surface area contributed by atoms with E-state index in [-0.39, 0.29) is 17.9 Å². The SMILES string of the molecule is CCCCCCCCCOC(=O)Oc1ccc(-c2ccc(C(=O)OC[C@H](Cl)C(C)C)cc2)cc1. The number of rotatable bonds is 14. The fraction of sp³-hybridized carbons (Fsp3) is 0.500. The fourth-order valence-electron chi connectivity index (χ4n) is 3.29. The predicted molar refractivity (Wildman–Crippen MR) is 137 cm³/mol. The highest BCUT2D eigenvalue weighted by Gasteiger charge is 2.14. The van der Waals surface area contributed by atoms with Gasteiger partial charge in [-0.1, -0.05) is 83.6 Å². The smallest absolute Gasteiger partial charge is 0.461 e. The van der Waals surface area contributed by atoms with Crippen molar-refractivity contribution < 1.29 is 23.8 Å². The Morgan fingerprint density at radius 1 is 0.794 bits per heavy atom. The Morgan fingerprint density at radius 3 is 1.94 bits per heavy atom. The molecule has 0 bridgehead atoms. The molecule has 1 atom stereocenters. The summed E-state index contributed by atoms with van der Waals surface area (Å²) >= 11 is 6.14. The highest BCUT2D eigenvalue weighted by Crippen LogP contribution is 2.23. The number of hydrogen-bond donors (Lipinski definition) is 0. The second kappa shape index (κ2) is 15.4. The average molecular weight is 489 g/mol. The summed E-state index contributed by atoms with van der Waals surface area (Å²) in [5, 5.41) is -0.207. The largest absolute Gasteiger partial charge is 0.513 e. The summed E-state index contributed by atoms with van der Waals surface area (Å²) in [4.78, 5) is 24.1. The number of benzene rings is 2. The molecule has 34 heavy (non-hydrogen) atoms. The first kappa shape index (κ1) is 27.7. The van der Waals surface area contributed by atoms with Crippen LogP contribution in [0.4, 0.5) is 4.79 Å². The van der Waals surface area contributed by atoms with Crippen LogP contribution in [-0.4, -0.2) is 30.7 Å². The summed E-state index contributed by atoms with van der Waals surface area (Å²) in [6.45, 7) is 6.73. The van der Waals surface area contributed by atoms with Gasteiger partial charge in [-0.3, -0.25) is 0 Å². The molecule has 0 aliphatic heterocycles. The lowest BCUT2D eigenvalue weighted by molar-refractivity contribution is 0.0492. The van der Waals surface area contributed by atoms with Gasteiger partial charge >= 0.3 is 12.1 Å². The van der Waals surface area contributed by atoms with Crippen molar-refractivity contribution in [1.29, 1.82) is 0 Å². The number of halogens is 1. The molecule has 186 valence electrons. The molecule has 0 spiro atoms. The summed E-state index contributed by atoms with van der Waals surface area (Å²) in [6.07, 6.45) is 7.46. The van der Waals surface area contributed by atoms with Gasteiger partial charge in [-0.25, -0.2) is 9.59 Å². The van der Waals surface area contributed by atoms with Gasteiger partial charge in [0.25, 0.3) is 0 Å². The van der Waals surface area contributed by atoms with Crippen molar-refractivity contribution in [3.8, 4) is 16.9 Å². The molecule has 0 aliphatic carbocycles. The van der Waals surface area contributed by atoms with E-state index in [1.165, 1.54) is 32.1 Å². The molecule has 0 heterocycles. The molecule has 0 saturated heterocycles. The number of alkyl halides is 1. The van der Waals surface area contributed by atoms with Crippen LogP contribution < -0.4 is 4.74 Å². The molecule has 0 aromatic heterocycles. The molecule has 0 aliphatic rings. The number of esters is 1. The maximum Gasteiger partial charge on any atom is 0.513 e. The van der Waals surface area contributed by atoms with Gasteiger partial charge in [0.15, 0.2) is 0 Å². The first-order valence-electron chi connectivity index (χ1n) is 12.3. The minimum absolute atomic E-state index is 0.183. The van der Waals surface area contributed by atoms with Gasteiger partial charge in [0, 0.05) is 0 Å². The fourth-order valence-corrected chi connectivity index (χ4v) is 3.35. The molecule has 0 unspecified atom stereocenters. The van der Waals surface area contributed by atoms with Crippen molar-refractivity contribution in [3.63, 3.8) is 0 Å². The molecule has 6 heteroatoms. The third-order valence-corrected chi connectivity index (χ3v) is 6.20. The second-order valence-electron chi connectivity index (χ2n) is 8.78. The average Bonchev–Trinajstić information content (AvgIpc) is 2.84. The van der Waals surface area contributed by atoms with E-state index in [0.29, 0.717) is 17.9 Å². The van der Waals surface area contributed by atoms with E-state index in [0.717, 1.165) is 24.0 Å². The van der Waals surface area contributed by atoms with Crippen molar-refractivity contribution in [2.45, 2.75) is 71.1 Å². The summed E-state index contributed by atoms with van der Waals surface area (Å²) < 4.78 is 15.7. The van der Waals surface area contributed by atoms with E-state index in [4.69, 9.17) is 25.8 Å². The number of carbonyl (C=O) groups excluding carboxylic acids is 2. The van der Waals surface area contributed by atoms with Crippen LogP contribution in [0.15, 0.2) is 48.5 Å². The van der Waals surface area contributed by atoms with Crippen LogP contribution in [0, 0.1) is 5.92 Å². The maximum atomic E-state index is 12.2. The van der Waals surface area contributed by atoms with Gasteiger partial charge in [0.05, 0.1) is 17.5 Å². The highest BCUT2D eigenvalue weighted by atomic mass is 35.5. The summed E-state index contributed by atoms with van der Waals surface area (Å²) in [7, 11) is 0. The quantitative estimate of drug-likeness (QED) is 0.116. The summed E-state index contributed by atoms with van der Waals surface area (Å²) in [5.41, 5.74) is 2.34. The Bertz CT molecular complexity index is 861. The lowest BCUT2D eigenvalue weighted by atomic mass is 10.0. The zero-order valence-electron chi connectivity index (χ0n) is 20.6. The van der Waals surface area contributed by atoms with Crippen molar-refractivity contribution in [2.24, 2.45) is 5.92 Å². The predicted octanol–water partition coefficient (Wildman–Crippen LogP) is 8.04. The molecule has 2 aromatic rings. The minimum Gasteiger partial charge on any atom is -0.461 e. The zero-order chi connectivity index (χ0) is 24.8. The Hall–Kier alpha value is -2.53. The molecule has 0 amide bonds. The normalized spacial score (nSPS) is 11.8. The third-order valence-electron chi connectivity index (χ3n) is 5.57. The Kier molecular flexibility index (Phi) is 12.5. The number of carbonyl (C=O) groups is 2. The monoisotopic (exact) mass is 488 g/mol. The number of ether oxygens (including phenoxy) is 3. The number of unbranched alkanes of at least 4 members (excludes halogenated alkanes) is 6. The minimum atomic E-state index is -0.682. The van der Waals surface area contributed by atoms with Crippen LogP contribution in [0.2, 0.25) is 0 Å². The summed E-state index contributed by atoms with van der Waals surface area (Å²) in [5.74, 6) is 0.265. The Morgan fingerprint density at radius 2 is 1.35 bits per heavy atom. The van der Waals surface area contributed by atoms with Crippen LogP contribution in [0.3, 0.4) is 0 Å². The molecule has 2 rings (SSSR count). The number of hydrogen-bond acceptors (Lipinski definition) is 5. The van der Waals surface area contributed by atoms with Crippen molar-refractivity contribution >= 4 is 23.7 Å². The molecular weight excluding hydrogens is 452 g/mol. The van der Waals surface area contributed by atoms with Crippen LogP contribution >= 0.6 is 11.6 Å². The first-order valence-corrected chi connectivity index (χ1v) is 12.7. The molecule has 5 nitrogen and oxygen atoms in total. The van der Waals surface area contributed by atoms with Crippen LogP contribution in [0.25, 0.3) is 11.1 Å². The lowest BCUT2D eigenvalue weighted by Crippen LogP contribution is -2.18. The molecule has 0 N–H and O–H groups in total. The van der Waals surface area contributed by atoms with E-state index in [1.807, 2.05) is 38.1 Å². The summed E-state index contributed by atoms with van der Waals surface area (Å²) in [6, 6.07) is 14.3. The zero-order valence-corrected chi connectivity index (χ0v) is 21.3. The van der Waals surface area contributed by atoms with Crippen molar-refractivity contribution in [2.75, 3.05) is 13.2 Å². The molecule has 0 radical (unpaired) electrons. The maximum absolute atomic E-state index is 12.2. The second-order valence-corrected chi connectivity index (χ2v) is 9.34. The van der Waals surface area contributed by atoms with Crippen molar-refractivity contribution in [1.82, 2.24) is 0 Å². The van der Waals surface area contributed by atoms with E-state index >= 15 is 0 Å². The van der Waals surface area contributed by atoms with Gasteiger partial charge in [0.1, 0.15) is 12.4 Å². The van der Waals surface area contributed by atoms with Gasteiger partial charge in [-0.2, -0.15) is 0 Å². The van der Waals surface area contributed by atoms with Crippen LogP contribution in [0.5, 0.6) is 5.75 Å². The van der Waals surface area contributed by atoms with Crippen molar-refractivity contribution in [3.05, 3.63) is 54.1 Å². The Labute approximate surface area is 208 Å². The molecule has 2 aromatic carbocycles. The van der Waals surface area contributed by atoms with E-state index in [2.05, 4.69) is 6.92 Å². The van der Waals surface area contributed by atoms with Crippen LogP contribution in [0.1, 0.15) is 76.1 Å². The van der Waals surface area contributed by atoms with E-state index < -0.39 is 12.1 Å². The van der Waals surface area contributed by atoms with Gasteiger partial charge in [0.2, 0.25) is 0 Å². The lowest BCUT2D eigenvalue weighted by Gasteiger charge is -2.13. The standard InChI is InChI=1S/C28H37ClO5/c1-4-5-6-7-8-9-10-19-32-28(31)34-25-17-15-23(16-18-25)22-11-13-24(14-12-22)27(30)33-20-26(29)21(2)3/h11-18,21,26H,4-10,19-20H2,1-3H3/t26-/m0/s1. The third kappa shape index (κ3) is 10.2. The Balaban J connectivity index is 1.75. The highest BCUT2D eigenvalue weighted by molar-refractivity contribution is 6.21. The van der Waals surface area contributed by atoms with Gasteiger partial charge < -0.3 is 14.2 Å². The van der Waals surface area contributed by atoms with E-state index in [9.17, 15) is 9.59 Å².